The highest BCUT2D eigenvalue weighted by Gasteiger charge is 2.43. The van der Waals surface area contributed by atoms with Crippen molar-refractivity contribution < 1.29 is 9.59 Å². The van der Waals surface area contributed by atoms with E-state index in [1.54, 1.807) is 22.7 Å². The fourth-order valence-electron chi connectivity index (χ4n) is 11.4. The highest BCUT2D eigenvalue weighted by atomic mass is 32.1. The van der Waals surface area contributed by atoms with Crippen LogP contribution in [0.25, 0.3) is 32.0 Å². The standard InChI is InChI=1S/C64H94N2O2S2/c1-5-9-13-17-21-23-27-31-37-51(35-29-25-19-15-11-7-3)49-65-57-47-53(59-39-33-45-69-59)41-43-55(57)61(63(65)67)62-56-44-42-54(60-40-34-46-70-60)48-58(56)66(64(62)68)50-52(36-30-26-20-16-12-8-4)38-32-28-24-22-18-14-10-6-2/h33-34,39-48,51-52H,5-32,35-38,49-50H2,1-4H3/b62-61-. The predicted molar refractivity (Wildman–Crippen MR) is 308 cm³/mol. The molecule has 2 aromatic carbocycles. The number of carbonyl (C=O) groups is 2. The quantitative estimate of drug-likeness (QED) is 0.0332. The van der Waals surface area contributed by atoms with E-state index in [9.17, 15) is 0 Å². The van der Waals surface area contributed by atoms with Crippen LogP contribution < -0.4 is 9.80 Å². The van der Waals surface area contributed by atoms with Gasteiger partial charge in [-0.25, -0.2) is 0 Å². The van der Waals surface area contributed by atoms with E-state index >= 15 is 9.59 Å². The fourth-order valence-corrected chi connectivity index (χ4v) is 12.9. The molecular weight excluding hydrogens is 893 g/mol. The number of carbonyl (C=O) groups excluding carboxylic acids is 2. The van der Waals surface area contributed by atoms with E-state index in [1.165, 1.54) is 190 Å². The Labute approximate surface area is 435 Å². The third kappa shape index (κ3) is 16.8. The molecule has 2 aliphatic heterocycles. The fraction of sp³-hybridized carbons (Fsp3) is 0.625. The van der Waals surface area contributed by atoms with Gasteiger partial charge < -0.3 is 9.80 Å². The topological polar surface area (TPSA) is 40.6 Å². The van der Waals surface area contributed by atoms with Crippen molar-refractivity contribution in [3.8, 4) is 20.9 Å². The minimum absolute atomic E-state index is 0.0169. The molecule has 384 valence electrons. The van der Waals surface area contributed by atoms with Crippen LogP contribution in [0.1, 0.15) is 244 Å². The van der Waals surface area contributed by atoms with Gasteiger partial charge in [0.25, 0.3) is 11.8 Å². The van der Waals surface area contributed by atoms with E-state index in [4.69, 9.17) is 0 Å². The third-order valence-corrected chi connectivity index (χ3v) is 17.5. The summed E-state index contributed by atoms with van der Waals surface area (Å²) in [7, 11) is 0. The Kier molecular flexibility index (Phi) is 25.4. The Morgan fingerprint density at radius 1 is 0.386 bits per heavy atom. The molecule has 6 rings (SSSR count). The maximum atomic E-state index is 15.6. The van der Waals surface area contributed by atoms with Gasteiger partial charge in [0.1, 0.15) is 0 Å². The molecule has 0 spiro atoms. The second-order valence-electron chi connectivity index (χ2n) is 21.4. The van der Waals surface area contributed by atoms with Crippen molar-refractivity contribution >= 4 is 57.0 Å². The average molecular weight is 988 g/mol. The van der Waals surface area contributed by atoms with E-state index in [1.807, 2.05) is 0 Å². The van der Waals surface area contributed by atoms with Gasteiger partial charge in [0.05, 0.1) is 22.5 Å². The summed E-state index contributed by atoms with van der Waals surface area (Å²) >= 11 is 3.50. The highest BCUT2D eigenvalue weighted by molar-refractivity contribution is 7.13. The summed E-state index contributed by atoms with van der Waals surface area (Å²) in [4.78, 5) is 37.9. The molecule has 0 saturated heterocycles. The molecule has 0 N–H and O–H groups in total. The number of thiophene rings is 2. The lowest BCUT2D eigenvalue weighted by molar-refractivity contribution is -0.114. The number of anilines is 2. The number of nitrogens with zero attached hydrogens (tertiary/aromatic N) is 2. The zero-order chi connectivity index (χ0) is 49.2. The Bertz CT molecular complexity index is 1970. The molecule has 2 amide bonds. The van der Waals surface area contributed by atoms with Crippen molar-refractivity contribution in [1.29, 1.82) is 0 Å². The molecular formula is C64H94N2O2S2. The summed E-state index contributed by atoms with van der Waals surface area (Å²) in [6, 6.07) is 21.9. The van der Waals surface area contributed by atoms with Gasteiger partial charge in [0, 0.05) is 34.0 Å². The number of hydrogen-bond donors (Lipinski definition) is 0. The van der Waals surface area contributed by atoms with Crippen LogP contribution >= 0.6 is 22.7 Å². The van der Waals surface area contributed by atoms with Gasteiger partial charge in [0.2, 0.25) is 0 Å². The number of benzene rings is 2. The van der Waals surface area contributed by atoms with E-state index < -0.39 is 0 Å². The first-order chi connectivity index (χ1) is 34.5. The highest BCUT2D eigenvalue weighted by Crippen LogP contribution is 2.49. The Balaban J connectivity index is 1.32. The Morgan fingerprint density at radius 3 is 0.971 bits per heavy atom. The normalized spacial score (nSPS) is 15.4. The summed E-state index contributed by atoms with van der Waals surface area (Å²) in [5.74, 6) is 0.882. The molecule has 70 heavy (non-hydrogen) atoms. The molecule has 2 aromatic heterocycles. The van der Waals surface area contributed by atoms with E-state index in [0.717, 1.165) is 59.3 Å². The van der Waals surface area contributed by atoms with Crippen LogP contribution in [0.2, 0.25) is 0 Å². The Hall–Kier alpha value is -3.48. The first-order valence-corrected chi connectivity index (χ1v) is 31.0. The van der Waals surface area contributed by atoms with Crippen LogP contribution in [0.3, 0.4) is 0 Å². The third-order valence-electron chi connectivity index (χ3n) is 15.6. The smallest absolute Gasteiger partial charge is 0.259 e. The molecule has 4 aromatic rings. The van der Waals surface area contributed by atoms with Crippen molar-refractivity contribution in [2.45, 2.75) is 233 Å². The second kappa shape index (κ2) is 31.9. The maximum absolute atomic E-state index is 15.6. The van der Waals surface area contributed by atoms with Crippen LogP contribution in [0.5, 0.6) is 0 Å². The number of unbranched alkanes of at least 4 members (excludes halogenated alkanes) is 24. The number of rotatable bonds is 38. The monoisotopic (exact) mass is 987 g/mol. The van der Waals surface area contributed by atoms with Gasteiger partial charge >= 0.3 is 0 Å². The predicted octanol–water partition coefficient (Wildman–Crippen LogP) is 20.5. The number of fused-ring (bicyclic) bond motifs is 2. The summed E-state index contributed by atoms with van der Waals surface area (Å²) in [5.41, 5.74) is 7.35. The van der Waals surface area contributed by atoms with Gasteiger partial charge in [-0.3, -0.25) is 9.59 Å². The minimum Gasteiger partial charge on any atom is -0.307 e. The van der Waals surface area contributed by atoms with E-state index in [-0.39, 0.29) is 11.8 Å². The molecule has 2 unspecified atom stereocenters. The van der Waals surface area contributed by atoms with Crippen molar-refractivity contribution in [3.05, 3.63) is 82.6 Å². The molecule has 0 aliphatic carbocycles. The first kappa shape index (κ1) is 55.8. The minimum atomic E-state index is 0.0169. The van der Waals surface area contributed by atoms with E-state index in [0.29, 0.717) is 36.1 Å². The zero-order valence-corrected chi connectivity index (χ0v) is 46.3. The molecule has 6 heteroatoms. The molecule has 0 fully saturated rings. The lowest BCUT2D eigenvalue weighted by Gasteiger charge is -2.25. The van der Waals surface area contributed by atoms with Gasteiger partial charge in [-0.05, 0) is 83.7 Å². The van der Waals surface area contributed by atoms with Crippen molar-refractivity contribution in [2.75, 3.05) is 22.9 Å². The second-order valence-corrected chi connectivity index (χ2v) is 23.3. The van der Waals surface area contributed by atoms with Crippen molar-refractivity contribution in [1.82, 2.24) is 0 Å². The summed E-state index contributed by atoms with van der Waals surface area (Å²) in [6.45, 7) is 10.6. The summed E-state index contributed by atoms with van der Waals surface area (Å²) < 4.78 is 0. The van der Waals surface area contributed by atoms with Crippen molar-refractivity contribution in [2.24, 2.45) is 11.8 Å². The van der Waals surface area contributed by atoms with Gasteiger partial charge in [-0.15, -0.1) is 22.7 Å². The van der Waals surface area contributed by atoms with Gasteiger partial charge in [-0.1, -0.05) is 244 Å². The lowest BCUT2D eigenvalue weighted by Crippen LogP contribution is -2.34. The molecule has 0 saturated carbocycles. The first-order valence-electron chi connectivity index (χ1n) is 29.2. The molecule has 0 bridgehead atoms. The van der Waals surface area contributed by atoms with E-state index in [2.05, 4.69) is 109 Å². The largest absolute Gasteiger partial charge is 0.307 e. The zero-order valence-electron chi connectivity index (χ0n) is 44.7. The molecule has 4 nitrogen and oxygen atoms in total. The molecule has 0 radical (unpaired) electrons. The summed E-state index contributed by atoms with van der Waals surface area (Å²) in [5, 5.41) is 4.28. The lowest BCUT2D eigenvalue weighted by atomic mass is 9.93. The van der Waals surface area contributed by atoms with Crippen LogP contribution in [0.15, 0.2) is 71.4 Å². The average Bonchev–Trinajstić information content (AvgIpc) is 4.21. The SMILES string of the molecule is CCCCCCCCCCC(CCCCCCCC)CN1C(=O)/C(=C2\C(=O)N(CC(CCCCCCCC)CCCCCCCCCC)c3cc(-c4cccs4)ccc32)c2ccc(-c3cccs3)cc21. The van der Waals surface area contributed by atoms with Gasteiger partial charge in [0.15, 0.2) is 0 Å². The summed E-state index contributed by atoms with van der Waals surface area (Å²) in [6.07, 6.45) is 41.0. The van der Waals surface area contributed by atoms with Crippen LogP contribution in [0, 0.1) is 11.8 Å². The number of hydrogen-bond acceptors (Lipinski definition) is 4. The molecule has 2 aliphatic rings. The number of amides is 2. The van der Waals surface area contributed by atoms with Gasteiger partial charge in [-0.2, -0.15) is 0 Å². The van der Waals surface area contributed by atoms with Crippen LogP contribution in [0.4, 0.5) is 11.4 Å². The van der Waals surface area contributed by atoms with Crippen molar-refractivity contribution in [3.63, 3.8) is 0 Å². The molecule has 2 atom stereocenters. The maximum Gasteiger partial charge on any atom is 0.259 e. The Morgan fingerprint density at radius 2 is 0.686 bits per heavy atom. The molecule has 4 heterocycles. The van der Waals surface area contributed by atoms with Crippen LogP contribution in [-0.4, -0.2) is 24.9 Å². The van der Waals surface area contributed by atoms with Crippen LogP contribution in [-0.2, 0) is 9.59 Å².